The van der Waals surface area contributed by atoms with E-state index >= 15 is 0 Å². The van der Waals surface area contributed by atoms with E-state index in [0.717, 1.165) is 12.8 Å². The molecular formula is C8H16O2S. The van der Waals surface area contributed by atoms with E-state index in [-0.39, 0.29) is 11.7 Å². The molecule has 0 aromatic rings. The van der Waals surface area contributed by atoms with E-state index in [1.807, 2.05) is 6.92 Å². The highest BCUT2D eigenvalue weighted by atomic mass is 32.1. The average molecular weight is 178 g/mol. The number of thiol groups is 1. The first-order chi connectivity index (χ1) is 5.87. The lowest BCUT2D eigenvalue weighted by Crippen LogP contribution is -2.07. The number of esters is 1. The number of hydrogen-bond acceptors (Lipinski definition) is 3. The lowest BCUT2D eigenvalue weighted by Gasteiger charge is -2.07. The van der Waals surface area contributed by atoms with Crippen molar-refractivity contribution in [2.24, 2.45) is 0 Å². The summed E-state index contributed by atoms with van der Waals surface area (Å²) in [6, 6.07) is 0. The van der Waals surface area contributed by atoms with E-state index in [1.54, 1.807) is 0 Å². The van der Waals surface area contributed by atoms with Crippen LogP contribution in [0.3, 0.4) is 0 Å². The third-order valence-corrected chi connectivity index (χ3v) is 1.60. The maximum atomic E-state index is 10.5. The summed E-state index contributed by atoms with van der Waals surface area (Å²) in [5, 5.41) is -0.0562. The fourth-order valence-corrected chi connectivity index (χ4v) is 1.01. The molecule has 1 atom stereocenters. The van der Waals surface area contributed by atoms with Crippen LogP contribution in [0.1, 0.15) is 35.9 Å². The molecule has 0 bridgehead atoms. The van der Waals surface area contributed by atoms with Crippen LogP contribution >= 0.6 is 12.6 Å². The Morgan fingerprint density at radius 1 is 1.73 bits per heavy atom. The van der Waals surface area contributed by atoms with Gasteiger partial charge in [0, 0.05) is 12.2 Å². The second kappa shape index (κ2) is 6.53. The Morgan fingerprint density at radius 3 is 2.82 bits per heavy atom. The summed E-state index contributed by atoms with van der Waals surface area (Å²) in [6.45, 7) is 1.32. The van der Waals surface area contributed by atoms with Gasteiger partial charge in [-0.15, -0.1) is 0 Å². The standard InChI is InChI=1S/C8H16O2S/c1-3-4-8(11)5-6-10-7(2)9/h8,11H,3-6H2,1-2H3/i6D2. The molecule has 0 saturated heterocycles. The van der Waals surface area contributed by atoms with Gasteiger partial charge in [-0.25, -0.2) is 0 Å². The van der Waals surface area contributed by atoms with Gasteiger partial charge in [0.1, 0.15) is 0 Å². The Balaban J connectivity index is 3.92. The van der Waals surface area contributed by atoms with Crippen LogP contribution in [0, 0.1) is 0 Å². The molecular weight excluding hydrogens is 160 g/mol. The first-order valence-electron chi connectivity index (χ1n) is 4.75. The summed E-state index contributed by atoms with van der Waals surface area (Å²) in [5.41, 5.74) is 0. The van der Waals surface area contributed by atoms with Crippen LogP contribution in [0.5, 0.6) is 0 Å². The van der Waals surface area contributed by atoms with E-state index in [4.69, 9.17) is 2.74 Å². The van der Waals surface area contributed by atoms with Crippen LogP contribution in [0.2, 0.25) is 0 Å². The molecule has 0 rings (SSSR count). The van der Waals surface area contributed by atoms with Gasteiger partial charge < -0.3 is 4.74 Å². The Hall–Kier alpha value is -0.180. The molecule has 2 nitrogen and oxygen atoms in total. The lowest BCUT2D eigenvalue weighted by atomic mass is 10.2. The van der Waals surface area contributed by atoms with Crippen LogP contribution in [-0.4, -0.2) is 17.8 Å². The van der Waals surface area contributed by atoms with Crippen molar-refractivity contribution in [3.63, 3.8) is 0 Å². The molecule has 0 aliphatic heterocycles. The zero-order chi connectivity index (χ0) is 10.5. The molecule has 66 valence electrons. The second-order valence-corrected chi connectivity index (χ2v) is 3.11. The van der Waals surface area contributed by atoms with Crippen LogP contribution in [-0.2, 0) is 9.53 Å². The topological polar surface area (TPSA) is 26.3 Å². The van der Waals surface area contributed by atoms with E-state index in [2.05, 4.69) is 17.4 Å². The fraction of sp³-hybridized carbons (Fsp3) is 0.875. The van der Waals surface area contributed by atoms with Crippen molar-refractivity contribution in [1.82, 2.24) is 0 Å². The molecule has 0 aliphatic rings. The maximum absolute atomic E-state index is 10.5. The van der Waals surface area contributed by atoms with Gasteiger partial charge in [-0.2, -0.15) is 12.6 Å². The SMILES string of the molecule is [2H]C([2H])(CC(S)CCC)OC(C)=O. The van der Waals surface area contributed by atoms with Gasteiger partial charge >= 0.3 is 5.97 Å². The van der Waals surface area contributed by atoms with Gasteiger partial charge in [-0.05, 0) is 12.8 Å². The molecule has 0 N–H and O–H groups in total. The summed E-state index contributed by atoms with van der Waals surface area (Å²) in [4.78, 5) is 10.5. The Labute approximate surface area is 76.5 Å². The van der Waals surface area contributed by atoms with Crippen molar-refractivity contribution >= 4 is 18.6 Å². The smallest absolute Gasteiger partial charge is 0.302 e. The van der Waals surface area contributed by atoms with Crippen molar-refractivity contribution in [1.29, 1.82) is 0 Å². The summed E-state index contributed by atoms with van der Waals surface area (Å²) in [6.07, 6.45) is 1.91. The first-order valence-corrected chi connectivity index (χ1v) is 4.26. The quantitative estimate of drug-likeness (QED) is 0.515. The molecule has 0 fully saturated rings. The Morgan fingerprint density at radius 2 is 2.36 bits per heavy atom. The molecule has 11 heavy (non-hydrogen) atoms. The van der Waals surface area contributed by atoms with Crippen LogP contribution < -0.4 is 0 Å². The van der Waals surface area contributed by atoms with Gasteiger partial charge in [-0.1, -0.05) is 13.3 Å². The fourth-order valence-electron chi connectivity index (χ4n) is 0.675. The van der Waals surface area contributed by atoms with Crippen LogP contribution in [0.25, 0.3) is 0 Å². The summed E-state index contributed by atoms with van der Waals surface area (Å²) < 4.78 is 19.2. The highest BCUT2D eigenvalue weighted by molar-refractivity contribution is 7.80. The monoisotopic (exact) mass is 178 g/mol. The Kier molecular flexibility index (Phi) is 4.43. The number of rotatable bonds is 5. The third-order valence-electron chi connectivity index (χ3n) is 1.16. The number of hydrogen-bond donors (Lipinski definition) is 1. The van der Waals surface area contributed by atoms with Gasteiger partial charge in [0.15, 0.2) is 0 Å². The van der Waals surface area contributed by atoms with E-state index in [1.165, 1.54) is 6.92 Å². The average Bonchev–Trinajstić information content (AvgIpc) is 1.81. The van der Waals surface area contributed by atoms with Gasteiger partial charge in [0.25, 0.3) is 0 Å². The van der Waals surface area contributed by atoms with E-state index in [9.17, 15) is 4.79 Å². The van der Waals surface area contributed by atoms with Crippen molar-refractivity contribution in [3.05, 3.63) is 0 Å². The molecule has 0 heterocycles. The predicted octanol–water partition coefficient (Wildman–Crippen LogP) is 2.04. The van der Waals surface area contributed by atoms with E-state index < -0.39 is 12.5 Å². The summed E-state index contributed by atoms with van der Waals surface area (Å²) in [5.74, 6) is -0.595. The minimum Gasteiger partial charge on any atom is -0.466 e. The zero-order valence-electron chi connectivity index (χ0n) is 8.96. The number of ether oxygens (including phenoxy) is 1. The molecule has 0 aromatic carbocycles. The molecule has 0 aliphatic carbocycles. The highest BCUT2D eigenvalue weighted by Gasteiger charge is 2.01. The maximum Gasteiger partial charge on any atom is 0.302 e. The first kappa shape index (κ1) is 7.47. The minimum absolute atomic E-state index is 0.0562. The van der Waals surface area contributed by atoms with Gasteiger partial charge in [-0.3, -0.25) is 4.79 Å². The van der Waals surface area contributed by atoms with Crippen molar-refractivity contribution in [3.8, 4) is 0 Å². The second-order valence-electron chi connectivity index (χ2n) is 2.38. The van der Waals surface area contributed by atoms with Gasteiger partial charge in [0.2, 0.25) is 0 Å². The minimum atomic E-state index is -1.88. The molecule has 0 spiro atoms. The van der Waals surface area contributed by atoms with Crippen molar-refractivity contribution in [2.45, 2.75) is 38.4 Å². The lowest BCUT2D eigenvalue weighted by molar-refractivity contribution is -0.141. The summed E-state index contributed by atoms with van der Waals surface area (Å²) >= 11 is 4.19. The third kappa shape index (κ3) is 7.72. The molecule has 0 aromatic heterocycles. The number of carbonyl (C=O) groups excluding carboxylic acids is 1. The highest BCUT2D eigenvalue weighted by Crippen LogP contribution is 2.08. The number of carbonyl (C=O) groups is 1. The van der Waals surface area contributed by atoms with Crippen molar-refractivity contribution < 1.29 is 12.3 Å². The van der Waals surface area contributed by atoms with Crippen LogP contribution in [0.4, 0.5) is 0 Å². The van der Waals surface area contributed by atoms with E-state index in [0.29, 0.717) is 0 Å². The largest absolute Gasteiger partial charge is 0.466 e. The van der Waals surface area contributed by atoms with Crippen LogP contribution in [0.15, 0.2) is 0 Å². The molecule has 1 unspecified atom stereocenters. The summed E-state index contributed by atoms with van der Waals surface area (Å²) in [7, 11) is 0. The normalized spacial score (nSPS) is 16.6. The molecule has 0 amide bonds. The predicted molar refractivity (Wildman–Crippen MR) is 48.9 cm³/mol. The molecule has 0 radical (unpaired) electrons. The zero-order valence-corrected chi connectivity index (χ0v) is 7.86. The van der Waals surface area contributed by atoms with Gasteiger partial charge in [0.05, 0.1) is 9.30 Å². The van der Waals surface area contributed by atoms with Crippen molar-refractivity contribution in [2.75, 3.05) is 6.56 Å². The Bertz CT molecular complexity index is 174. The molecule has 3 heteroatoms. The molecule has 0 saturated carbocycles.